The zero-order valence-corrected chi connectivity index (χ0v) is 27.3. The highest BCUT2D eigenvalue weighted by Gasteiger charge is 2.59. The van der Waals surface area contributed by atoms with E-state index in [4.69, 9.17) is 23.8 Å². The topological polar surface area (TPSA) is 92.7 Å². The van der Waals surface area contributed by atoms with Crippen molar-refractivity contribution >= 4 is 17.7 Å². The molecule has 5 rings (SSSR count). The summed E-state index contributed by atoms with van der Waals surface area (Å²) in [6.45, 7) is 15.0. The van der Waals surface area contributed by atoms with Gasteiger partial charge in [0.1, 0.15) is 25.4 Å². The van der Waals surface area contributed by atoms with Crippen LogP contribution in [0, 0.1) is 40.4 Å². The first-order valence-electron chi connectivity index (χ1n) is 16.6. The maximum absolute atomic E-state index is 11.6. The molecule has 0 aromatic rings. The van der Waals surface area contributed by atoms with Crippen molar-refractivity contribution in [3.63, 3.8) is 0 Å². The number of hydrogen-bond donors (Lipinski definition) is 0. The summed E-state index contributed by atoms with van der Waals surface area (Å²) < 4.78 is 23.1. The average Bonchev–Trinajstić information content (AvgIpc) is 3.30. The van der Waals surface area contributed by atoms with Gasteiger partial charge in [0.25, 0.3) is 0 Å². The molecule has 8 heteroatoms. The number of hydrogen-bond acceptors (Lipinski definition) is 8. The Kier molecular flexibility index (Phi) is 9.77. The SMILES string of the molecule is CC(=O)OC[C@H]1OC(O[C@H]2CC[C@@]3(C)C(=CCC4C3CC[C@@]3(C)C4CC[C@@H]3/C(C)=N/OCC(C)C)C2)C=C[C@@H]1OC(C)=O. The van der Waals surface area contributed by atoms with Crippen LogP contribution in [-0.2, 0) is 33.4 Å². The standard InChI is InChI=1S/C35H53NO7/c1-21(2)19-40-36-22(3)28-10-11-29-27-9-8-25-18-26(14-16-34(25,6)30(27)15-17-35(28,29)7)42-33-13-12-31(41-24(5)38)32(43-33)20-39-23(4)37/h8,12-13,21,26-33H,9-11,14-20H2,1-7H3/b36-22+/t26-,27?,28+,29?,30?,31-,32+,33?,34-,35+/m0/s1. The van der Waals surface area contributed by atoms with Crippen molar-refractivity contribution in [3.8, 4) is 0 Å². The first-order valence-corrected chi connectivity index (χ1v) is 16.6. The van der Waals surface area contributed by atoms with Crippen molar-refractivity contribution in [3.05, 3.63) is 23.8 Å². The summed E-state index contributed by atoms with van der Waals surface area (Å²) in [5.74, 6) is 2.36. The van der Waals surface area contributed by atoms with Crippen LogP contribution >= 0.6 is 0 Å². The number of rotatable bonds is 9. The van der Waals surface area contributed by atoms with E-state index in [1.807, 2.05) is 6.08 Å². The highest BCUT2D eigenvalue weighted by molar-refractivity contribution is 5.85. The highest BCUT2D eigenvalue weighted by Crippen LogP contribution is 2.66. The van der Waals surface area contributed by atoms with E-state index in [1.165, 1.54) is 45.2 Å². The fourth-order valence-corrected chi connectivity index (χ4v) is 9.31. The molecule has 0 aromatic carbocycles. The predicted molar refractivity (Wildman–Crippen MR) is 164 cm³/mol. The van der Waals surface area contributed by atoms with Crippen LogP contribution in [0.2, 0.25) is 0 Å². The Labute approximate surface area is 257 Å². The van der Waals surface area contributed by atoms with E-state index in [1.54, 1.807) is 11.6 Å². The summed E-state index contributed by atoms with van der Waals surface area (Å²) in [7, 11) is 0. The maximum Gasteiger partial charge on any atom is 0.303 e. The molecule has 4 unspecified atom stereocenters. The molecule has 10 atom stereocenters. The van der Waals surface area contributed by atoms with Gasteiger partial charge in [-0.15, -0.1) is 0 Å². The van der Waals surface area contributed by atoms with E-state index in [2.05, 4.69) is 45.9 Å². The number of nitrogens with zero attached hydrogens (tertiary/aromatic N) is 1. The molecule has 0 saturated heterocycles. The van der Waals surface area contributed by atoms with Gasteiger partial charge >= 0.3 is 11.9 Å². The third-order valence-electron chi connectivity index (χ3n) is 11.4. The van der Waals surface area contributed by atoms with Gasteiger partial charge < -0.3 is 23.8 Å². The first-order chi connectivity index (χ1) is 20.4. The van der Waals surface area contributed by atoms with Crippen molar-refractivity contribution in [2.45, 2.75) is 124 Å². The van der Waals surface area contributed by atoms with E-state index in [0.717, 1.165) is 37.5 Å². The van der Waals surface area contributed by atoms with Crippen molar-refractivity contribution in [1.29, 1.82) is 0 Å². The lowest BCUT2D eigenvalue weighted by atomic mass is 9.47. The van der Waals surface area contributed by atoms with E-state index in [0.29, 0.717) is 29.8 Å². The summed E-state index contributed by atoms with van der Waals surface area (Å²) in [5, 5.41) is 4.59. The minimum Gasteiger partial charge on any atom is -0.463 e. The zero-order chi connectivity index (χ0) is 30.9. The minimum absolute atomic E-state index is 0.00568. The molecule has 0 amide bonds. The molecule has 1 aliphatic heterocycles. The van der Waals surface area contributed by atoms with Gasteiger partial charge in [-0.25, -0.2) is 0 Å². The first kappa shape index (κ1) is 32.2. The van der Waals surface area contributed by atoms with Crippen LogP contribution in [0.3, 0.4) is 0 Å². The molecule has 240 valence electrons. The predicted octanol–water partition coefficient (Wildman–Crippen LogP) is 6.78. The Hall–Kier alpha value is -2.19. The summed E-state index contributed by atoms with van der Waals surface area (Å²) in [6.07, 6.45) is 13.6. The summed E-state index contributed by atoms with van der Waals surface area (Å²) in [5.41, 5.74) is 3.26. The van der Waals surface area contributed by atoms with E-state index >= 15 is 0 Å². The summed E-state index contributed by atoms with van der Waals surface area (Å²) in [4.78, 5) is 28.7. The van der Waals surface area contributed by atoms with Crippen LogP contribution in [0.1, 0.15) is 99.8 Å². The van der Waals surface area contributed by atoms with E-state index < -0.39 is 30.4 Å². The Morgan fingerprint density at radius 3 is 2.53 bits per heavy atom. The Balaban J connectivity index is 1.23. The molecular weight excluding hydrogens is 546 g/mol. The zero-order valence-electron chi connectivity index (χ0n) is 27.3. The second-order valence-electron chi connectivity index (χ2n) is 14.7. The highest BCUT2D eigenvalue weighted by atomic mass is 16.7. The molecule has 3 fully saturated rings. The Morgan fingerprint density at radius 2 is 1.81 bits per heavy atom. The number of carbonyl (C=O) groups is 2. The molecule has 0 spiro atoms. The van der Waals surface area contributed by atoms with Gasteiger partial charge in [0.15, 0.2) is 6.29 Å². The molecule has 1 heterocycles. The third-order valence-corrected chi connectivity index (χ3v) is 11.4. The van der Waals surface area contributed by atoms with Gasteiger partial charge in [-0.2, -0.15) is 0 Å². The normalized spacial score (nSPS) is 40.7. The second kappa shape index (κ2) is 13.0. The summed E-state index contributed by atoms with van der Waals surface area (Å²) >= 11 is 0. The largest absolute Gasteiger partial charge is 0.463 e. The second-order valence-corrected chi connectivity index (χ2v) is 14.7. The molecule has 43 heavy (non-hydrogen) atoms. The van der Waals surface area contributed by atoms with Gasteiger partial charge in [-0.05, 0) is 105 Å². The Morgan fingerprint density at radius 1 is 1.02 bits per heavy atom. The number of oxime groups is 1. The van der Waals surface area contributed by atoms with Gasteiger partial charge in [0.05, 0.1) is 11.8 Å². The van der Waals surface area contributed by atoms with Crippen LogP contribution in [0.15, 0.2) is 29.0 Å². The fourth-order valence-electron chi connectivity index (χ4n) is 9.31. The van der Waals surface area contributed by atoms with Gasteiger partial charge in [-0.1, -0.05) is 44.5 Å². The number of ether oxygens (including phenoxy) is 4. The summed E-state index contributed by atoms with van der Waals surface area (Å²) in [6, 6.07) is 0. The van der Waals surface area contributed by atoms with Crippen LogP contribution in [0.4, 0.5) is 0 Å². The molecule has 4 aliphatic carbocycles. The van der Waals surface area contributed by atoms with Crippen molar-refractivity contribution in [2.75, 3.05) is 13.2 Å². The molecule has 0 radical (unpaired) electrons. The molecule has 0 aromatic heterocycles. The lowest BCUT2D eigenvalue weighted by Gasteiger charge is -2.58. The van der Waals surface area contributed by atoms with E-state index in [9.17, 15) is 9.59 Å². The number of esters is 2. The molecule has 0 N–H and O–H groups in total. The Bertz CT molecular complexity index is 1130. The molecule has 0 bridgehead atoms. The van der Waals surface area contributed by atoms with Crippen LogP contribution in [0.5, 0.6) is 0 Å². The molecule has 8 nitrogen and oxygen atoms in total. The van der Waals surface area contributed by atoms with Crippen LogP contribution in [0.25, 0.3) is 0 Å². The van der Waals surface area contributed by atoms with Gasteiger partial charge in [0.2, 0.25) is 0 Å². The quantitative estimate of drug-likeness (QED) is 0.125. The van der Waals surface area contributed by atoms with E-state index in [-0.39, 0.29) is 18.1 Å². The lowest BCUT2D eigenvalue weighted by molar-refractivity contribution is -0.213. The molecule has 5 aliphatic rings. The number of fused-ring (bicyclic) bond motifs is 5. The fraction of sp³-hybridized carbons (Fsp3) is 0.800. The molecule has 3 saturated carbocycles. The minimum atomic E-state index is -0.612. The number of carbonyl (C=O) groups excluding carboxylic acids is 2. The number of allylic oxidation sites excluding steroid dienone is 1. The maximum atomic E-state index is 11.6. The molecular formula is C35H53NO7. The van der Waals surface area contributed by atoms with Crippen LogP contribution < -0.4 is 0 Å². The smallest absolute Gasteiger partial charge is 0.303 e. The van der Waals surface area contributed by atoms with Crippen molar-refractivity contribution in [2.24, 2.45) is 45.6 Å². The van der Waals surface area contributed by atoms with Crippen molar-refractivity contribution in [1.82, 2.24) is 0 Å². The average molecular weight is 600 g/mol. The van der Waals surface area contributed by atoms with Crippen LogP contribution in [-0.4, -0.2) is 55.5 Å². The third kappa shape index (κ3) is 6.75. The van der Waals surface area contributed by atoms with Crippen molar-refractivity contribution < 1.29 is 33.4 Å². The monoisotopic (exact) mass is 599 g/mol. The lowest BCUT2D eigenvalue weighted by Crippen LogP contribution is -2.51. The van der Waals surface area contributed by atoms with Gasteiger partial charge in [-0.3, -0.25) is 9.59 Å². The van der Waals surface area contributed by atoms with Gasteiger partial charge in [0, 0.05) is 19.8 Å².